The minimum atomic E-state index is -0.829. The summed E-state index contributed by atoms with van der Waals surface area (Å²) in [6.07, 6.45) is 0.854. The third-order valence-electron chi connectivity index (χ3n) is 3.36. The molecule has 2 unspecified atom stereocenters. The number of rotatable bonds is 4. The van der Waals surface area contributed by atoms with Gasteiger partial charge in [0.25, 0.3) is 0 Å². The molecule has 0 aromatic heterocycles. The second-order valence-electron chi connectivity index (χ2n) is 4.46. The molecule has 0 amide bonds. The number of carbonyl (C=O) groups is 1. The molecule has 0 spiro atoms. The third-order valence-corrected chi connectivity index (χ3v) is 3.60. The summed E-state index contributed by atoms with van der Waals surface area (Å²) in [5.74, 6) is -0.744. The number of ether oxygens (including phenoxy) is 1. The lowest BCUT2D eigenvalue weighted by Gasteiger charge is -2.21. The van der Waals surface area contributed by atoms with Crippen molar-refractivity contribution in [2.75, 3.05) is 20.2 Å². The predicted molar refractivity (Wildman–Crippen MR) is 69.4 cm³/mol. The van der Waals surface area contributed by atoms with E-state index in [-0.39, 0.29) is 5.92 Å². The van der Waals surface area contributed by atoms with E-state index in [1.54, 1.807) is 25.3 Å². The minimum absolute atomic E-state index is 0.0786. The van der Waals surface area contributed by atoms with Gasteiger partial charge in [0.2, 0.25) is 0 Å². The first-order valence-electron chi connectivity index (χ1n) is 5.90. The van der Waals surface area contributed by atoms with Crippen LogP contribution in [0, 0.1) is 5.92 Å². The van der Waals surface area contributed by atoms with E-state index in [0.29, 0.717) is 22.9 Å². The first-order valence-corrected chi connectivity index (χ1v) is 6.28. The lowest BCUT2D eigenvalue weighted by Crippen LogP contribution is -2.24. The van der Waals surface area contributed by atoms with Crippen LogP contribution in [-0.4, -0.2) is 31.3 Å². The number of hydrogen-bond donors (Lipinski definition) is 2. The highest BCUT2D eigenvalue weighted by atomic mass is 35.5. The van der Waals surface area contributed by atoms with E-state index in [0.717, 1.165) is 13.0 Å². The number of methoxy groups -OCH3 is 1. The van der Waals surface area contributed by atoms with Crippen molar-refractivity contribution in [3.8, 4) is 5.75 Å². The molecule has 2 atom stereocenters. The van der Waals surface area contributed by atoms with E-state index in [1.165, 1.54) is 0 Å². The number of carboxylic acids is 1. The fraction of sp³-hybridized carbons (Fsp3) is 0.462. The first-order chi connectivity index (χ1) is 8.63. The van der Waals surface area contributed by atoms with E-state index >= 15 is 0 Å². The SMILES string of the molecule is COc1ccc(Cl)cc1C(C(=O)O)C1CCNC1. The van der Waals surface area contributed by atoms with Crippen LogP contribution in [0.1, 0.15) is 17.9 Å². The van der Waals surface area contributed by atoms with Crippen LogP contribution in [0.5, 0.6) is 5.75 Å². The Morgan fingerprint density at radius 3 is 2.94 bits per heavy atom. The predicted octanol–water partition coefficient (Wildman–Crippen LogP) is 2.13. The Balaban J connectivity index is 2.40. The Kier molecular flexibility index (Phi) is 4.09. The number of benzene rings is 1. The normalized spacial score (nSPS) is 20.7. The summed E-state index contributed by atoms with van der Waals surface area (Å²) < 4.78 is 5.25. The molecule has 0 radical (unpaired) electrons. The summed E-state index contributed by atoms with van der Waals surface area (Å²) in [7, 11) is 1.54. The molecule has 98 valence electrons. The molecule has 0 saturated carbocycles. The topological polar surface area (TPSA) is 58.6 Å². The highest BCUT2D eigenvalue weighted by Crippen LogP contribution is 2.36. The van der Waals surface area contributed by atoms with Gasteiger partial charge in [-0.3, -0.25) is 4.79 Å². The third kappa shape index (κ3) is 2.60. The molecule has 1 heterocycles. The summed E-state index contributed by atoms with van der Waals surface area (Å²) >= 11 is 5.97. The molecule has 2 N–H and O–H groups in total. The van der Waals surface area contributed by atoms with Gasteiger partial charge in [-0.15, -0.1) is 0 Å². The van der Waals surface area contributed by atoms with Crippen LogP contribution in [0.3, 0.4) is 0 Å². The number of carboxylic acid groups (broad SMARTS) is 1. The fourth-order valence-corrected chi connectivity index (χ4v) is 2.68. The molecule has 1 aromatic carbocycles. The Hall–Kier alpha value is -1.26. The maximum atomic E-state index is 11.5. The highest BCUT2D eigenvalue weighted by molar-refractivity contribution is 6.30. The van der Waals surface area contributed by atoms with Crippen molar-refractivity contribution in [2.24, 2.45) is 5.92 Å². The van der Waals surface area contributed by atoms with Crippen molar-refractivity contribution in [3.05, 3.63) is 28.8 Å². The molecule has 1 aliphatic heterocycles. The van der Waals surface area contributed by atoms with E-state index in [4.69, 9.17) is 16.3 Å². The number of aliphatic carboxylic acids is 1. The maximum Gasteiger partial charge on any atom is 0.311 e. The van der Waals surface area contributed by atoms with Crippen LogP contribution in [0.25, 0.3) is 0 Å². The number of nitrogens with one attached hydrogen (secondary N) is 1. The van der Waals surface area contributed by atoms with Gasteiger partial charge in [-0.25, -0.2) is 0 Å². The summed E-state index contributed by atoms with van der Waals surface area (Å²) in [4.78, 5) is 11.5. The highest BCUT2D eigenvalue weighted by Gasteiger charge is 2.33. The van der Waals surface area contributed by atoms with Gasteiger partial charge in [0.05, 0.1) is 13.0 Å². The number of halogens is 1. The van der Waals surface area contributed by atoms with Crippen molar-refractivity contribution < 1.29 is 14.6 Å². The van der Waals surface area contributed by atoms with Gasteiger partial charge < -0.3 is 15.2 Å². The summed E-state index contributed by atoms with van der Waals surface area (Å²) in [5.41, 5.74) is 0.659. The summed E-state index contributed by atoms with van der Waals surface area (Å²) in [6, 6.07) is 5.11. The lowest BCUT2D eigenvalue weighted by molar-refractivity contribution is -0.140. The molecule has 0 bridgehead atoms. The Morgan fingerprint density at radius 1 is 1.61 bits per heavy atom. The molecule has 1 saturated heterocycles. The summed E-state index contributed by atoms with van der Waals surface area (Å²) in [6.45, 7) is 1.57. The van der Waals surface area contributed by atoms with Crippen LogP contribution in [0.2, 0.25) is 5.02 Å². The van der Waals surface area contributed by atoms with Crippen LogP contribution >= 0.6 is 11.6 Å². The molecule has 2 rings (SSSR count). The van der Waals surface area contributed by atoms with Gasteiger partial charge in [-0.1, -0.05) is 11.6 Å². The largest absolute Gasteiger partial charge is 0.496 e. The molecular weight excluding hydrogens is 254 g/mol. The summed E-state index contributed by atoms with van der Waals surface area (Å²) in [5, 5.41) is 13.2. The lowest BCUT2D eigenvalue weighted by atomic mass is 9.85. The van der Waals surface area contributed by atoms with Crippen molar-refractivity contribution in [1.82, 2.24) is 5.32 Å². The monoisotopic (exact) mass is 269 g/mol. The maximum absolute atomic E-state index is 11.5. The van der Waals surface area contributed by atoms with Gasteiger partial charge in [0.1, 0.15) is 5.75 Å². The molecule has 18 heavy (non-hydrogen) atoms. The molecular formula is C13H16ClNO3. The van der Waals surface area contributed by atoms with Gasteiger partial charge in [-0.05, 0) is 43.6 Å². The Morgan fingerprint density at radius 2 is 2.39 bits per heavy atom. The van der Waals surface area contributed by atoms with Crippen LogP contribution in [-0.2, 0) is 4.79 Å². The molecule has 5 heteroatoms. The van der Waals surface area contributed by atoms with Gasteiger partial charge in [-0.2, -0.15) is 0 Å². The zero-order chi connectivity index (χ0) is 13.1. The van der Waals surface area contributed by atoms with Gasteiger partial charge in [0.15, 0.2) is 0 Å². The van der Waals surface area contributed by atoms with Gasteiger partial charge >= 0.3 is 5.97 Å². The average Bonchev–Trinajstić information content (AvgIpc) is 2.83. The van der Waals surface area contributed by atoms with Crippen LogP contribution in [0.4, 0.5) is 0 Å². The zero-order valence-corrected chi connectivity index (χ0v) is 10.9. The Bertz CT molecular complexity index is 444. The smallest absolute Gasteiger partial charge is 0.311 e. The Labute approximate surface area is 111 Å². The van der Waals surface area contributed by atoms with E-state index in [1.807, 2.05) is 0 Å². The van der Waals surface area contributed by atoms with Crippen molar-refractivity contribution in [2.45, 2.75) is 12.3 Å². The molecule has 0 aliphatic carbocycles. The van der Waals surface area contributed by atoms with Crippen molar-refractivity contribution in [1.29, 1.82) is 0 Å². The van der Waals surface area contributed by atoms with Crippen molar-refractivity contribution >= 4 is 17.6 Å². The first kappa shape index (κ1) is 13.2. The van der Waals surface area contributed by atoms with E-state index in [9.17, 15) is 9.90 Å². The second kappa shape index (κ2) is 5.59. The molecule has 1 fully saturated rings. The van der Waals surface area contributed by atoms with Gasteiger partial charge in [0, 0.05) is 10.6 Å². The molecule has 4 nitrogen and oxygen atoms in total. The molecule has 1 aromatic rings. The van der Waals surface area contributed by atoms with Crippen molar-refractivity contribution in [3.63, 3.8) is 0 Å². The minimum Gasteiger partial charge on any atom is -0.496 e. The average molecular weight is 270 g/mol. The number of hydrogen-bond acceptors (Lipinski definition) is 3. The fourth-order valence-electron chi connectivity index (χ4n) is 2.50. The van der Waals surface area contributed by atoms with Crippen LogP contribution < -0.4 is 10.1 Å². The zero-order valence-electron chi connectivity index (χ0n) is 10.1. The standard InChI is InChI=1S/C13H16ClNO3/c1-18-11-3-2-9(14)6-10(11)12(13(16)17)8-4-5-15-7-8/h2-3,6,8,12,15H,4-5,7H2,1H3,(H,16,17). The quantitative estimate of drug-likeness (QED) is 0.879. The van der Waals surface area contributed by atoms with E-state index in [2.05, 4.69) is 5.32 Å². The second-order valence-corrected chi connectivity index (χ2v) is 4.89. The van der Waals surface area contributed by atoms with Crippen LogP contribution in [0.15, 0.2) is 18.2 Å². The molecule has 1 aliphatic rings. The van der Waals surface area contributed by atoms with E-state index < -0.39 is 11.9 Å².